The number of hydrogen-bond acceptors (Lipinski definition) is 4. The van der Waals surface area contributed by atoms with Gasteiger partial charge in [-0.25, -0.2) is 0 Å². The highest BCUT2D eigenvalue weighted by atomic mass is 31.2. The molecule has 20 heavy (non-hydrogen) atoms. The van der Waals surface area contributed by atoms with Gasteiger partial charge in [0, 0.05) is 6.07 Å². The van der Waals surface area contributed by atoms with Crippen LogP contribution in [0.15, 0.2) is 24.3 Å². The molecule has 2 atom stereocenters. The maximum absolute atomic E-state index is 14.1. The molecule has 2 unspecified atom stereocenters. The van der Waals surface area contributed by atoms with E-state index in [1.165, 1.54) is 13.0 Å². The van der Waals surface area contributed by atoms with E-state index in [1.807, 2.05) is 0 Å². The third-order valence-corrected chi connectivity index (χ3v) is 4.27. The molecule has 0 fully saturated rings. The molecule has 0 amide bonds. The first-order valence-electron chi connectivity index (χ1n) is 5.76. The van der Waals surface area contributed by atoms with E-state index in [1.54, 1.807) is 6.92 Å². The molecule has 1 aromatic carbocycles. The minimum absolute atomic E-state index is 0.248. The zero-order valence-corrected chi connectivity index (χ0v) is 11.7. The average molecular weight is 309 g/mol. The fourth-order valence-electron chi connectivity index (χ4n) is 1.42. The minimum Gasteiger partial charge on any atom is -0.320 e. The predicted molar refractivity (Wildman–Crippen MR) is 67.7 cm³/mol. The van der Waals surface area contributed by atoms with E-state index in [0.29, 0.717) is 0 Å². The van der Waals surface area contributed by atoms with Gasteiger partial charge in [0.15, 0.2) is 0 Å². The van der Waals surface area contributed by atoms with Crippen molar-refractivity contribution in [1.29, 1.82) is 0 Å². The second-order valence-electron chi connectivity index (χ2n) is 4.16. The van der Waals surface area contributed by atoms with Crippen LogP contribution >= 0.6 is 7.60 Å². The molecule has 112 valence electrons. The van der Waals surface area contributed by atoms with Crippen LogP contribution in [0.1, 0.15) is 25.8 Å². The van der Waals surface area contributed by atoms with E-state index in [-0.39, 0.29) is 6.42 Å². The van der Waals surface area contributed by atoms with Crippen LogP contribution in [0.4, 0.5) is 14.5 Å². The van der Waals surface area contributed by atoms with E-state index in [9.17, 15) is 28.4 Å². The monoisotopic (exact) mass is 309 g/mol. The fraction of sp³-hybridized carbons (Fsp3) is 0.455. The molecule has 0 aliphatic rings. The fourth-order valence-corrected chi connectivity index (χ4v) is 2.69. The van der Waals surface area contributed by atoms with Crippen molar-refractivity contribution in [1.82, 2.24) is 0 Å². The highest BCUT2D eigenvalue weighted by Crippen LogP contribution is 2.65. The van der Waals surface area contributed by atoms with Gasteiger partial charge >= 0.3 is 13.3 Å². The van der Waals surface area contributed by atoms with Gasteiger partial charge in [-0.2, -0.15) is 8.78 Å². The van der Waals surface area contributed by atoms with Crippen molar-refractivity contribution in [3.63, 3.8) is 0 Å². The van der Waals surface area contributed by atoms with Crippen LogP contribution in [-0.4, -0.2) is 15.9 Å². The van der Waals surface area contributed by atoms with Crippen LogP contribution in [0.5, 0.6) is 0 Å². The molecule has 0 saturated heterocycles. The van der Waals surface area contributed by atoms with Crippen LogP contribution < -0.4 is 0 Å². The van der Waals surface area contributed by atoms with Gasteiger partial charge in [-0.15, -0.1) is 0 Å². The summed E-state index contributed by atoms with van der Waals surface area (Å²) < 4.78 is 44.4. The van der Waals surface area contributed by atoms with Crippen LogP contribution in [0.25, 0.3) is 0 Å². The summed E-state index contributed by atoms with van der Waals surface area (Å²) in [6.45, 7) is 2.95. The molecule has 0 aromatic heterocycles. The summed E-state index contributed by atoms with van der Waals surface area (Å²) in [4.78, 5) is 19.2. The number of nitro groups is 1. The zero-order valence-electron chi connectivity index (χ0n) is 10.8. The predicted octanol–water partition coefficient (Wildman–Crippen LogP) is 3.64. The number of rotatable bonds is 6. The van der Waals surface area contributed by atoms with Crippen molar-refractivity contribution >= 4 is 13.3 Å². The third kappa shape index (κ3) is 3.20. The van der Waals surface area contributed by atoms with Crippen LogP contribution in [0.3, 0.4) is 0 Å². The quantitative estimate of drug-likeness (QED) is 0.492. The highest BCUT2D eigenvalue weighted by Gasteiger charge is 2.56. The zero-order chi connectivity index (χ0) is 15.6. The van der Waals surface area contributed by atoms with Gasteiger partial charge in [-0.1, -0.05) is 19.1 Å². The van der Waals surface area contributed by atoms with Crippen molar-refractivity contribution in [2.75, 3.05) is 0 Å². The third-order valence-electron chi connectivity index (χ3n) is 2.68. The van der Waals surface area contributed by atoms with Crippen molar-refractivity contribution in [2.24, 2.45) is 0 Å². The van der Waals surface area contributed by atoms with E-state index in [0.717, 1.165) is 18.2 Å². The molecule has 0 radical (unpaired) electrons. The number of para-hydroxylation sites is 1. The maximum Gasteiger partial charge on any atom is 0.402 e. The van der Waals surface area contributed by atoms with Crippen molar-refractivity contribution in [2.45, 2.75) is 32.0 Å². The normalized spacial score (nSPS) is 16.4. The van der Waals surface area contributed by atoms with Gasteiger partial charge in [0.1, 0.15) is 5.56 Å². The van der Waals surface area contributed by atoms with Crippen LogP contribution in [0, 0.1) is 10.1 Å². The Labute approximate surface area is 114 Å². The Bertz CT molecular complexity index is 551. The topological polar surface area (TPSA) is 89.7 Å². The molecule has 0 aliphatic heterocycles. The Balaban J connectivity index is 3.29. The second kappa shape index (κ2) is 5.95. The number of halogens is 2. The van der Waals surface area contributed by atoms with E-state index in [4.69, 9.17) is 0 Å². The molecule has 0 saturated carbocycles. The lowest BCUT2D eigenvalue weighted by molar-refractivity contribution is -0.386. The number of hydrogen-bond donors (Lipinski definition) is 1. The number of nitro benzene ring substituents is 1. The first-order chi connectivity index (χ1) is 9.13. The summed E-state index contributed by atoms with van der Waals surface area (Å²) in [6.07, 6.45) is -0.628. The molecule has 1 rings (SSSR count). The number of alkyl halides is 2. The van der Waals surface area contributed by atoms with E-state index < -0.39 is 35.5 Å². The smallest absolute Gasteiger partial charge is 0.320 e. The molecule has 0 bridgehead atoms. The Kier molecular flexibility index (Phi) is 4.96. The molecule has 1 aromatic rings. The lowest BCUT2D eigenvalue weighted by Gasteiger charge is -2.24. The summed E-state index contributed by atoms with van der Waals surface area (Å²) >= 11 is 0. The van der Waals surface area contributed by atoms with Gasteiger partial charge in [-0.05, 0) is 19.4 Å². The van der Waals surface area contributed by atoms with Gasteiger partial charge in [-0.3, -0.25) is 14.7 Å². The van der Waals surface area contributed by atoms with Crippen molar-refractivity contribution < 1.29 is 27.7 Å². The molecule has 1 N–H and O–H groups in total. The van der Waals surface area contributed by atoms with Crippen molar-refractivity contribution in [3.8, 4) is 0 Å². The molecular weight excluding hydrogens is 295 g/mol. The second-order valence-corrected chi connectivity index (χ2v) is 5.97. The van der Waals surface area contributed by atoms with Crippen molar-refractivity contribution in [3.05, 3.63) is 39.9 Å². The van der Waals surface area contributed by atoms with Gasteiger partial charge in [0.05, 0.1) is 11.0 Å². The summed E-state index contributed by atoms with van der Waals surface area (Å²) in [7, 11) is -5.39. The Hall–Kier alpha value is -1.37. The molecule has 0 aliphatic carbocycles. The Morgan fingerprint density at radius 2 is 2.05 bits per heavy atom. The molecule has 9 heteroatoms. The van der Waals surface area contributed by atoms with Crippen LogP contribution in [0.2, 0.25) is 0 Å². The van der Waals surface area contributed by atoms with Gasteiger partial charge in [0.25, 0.3) is 5.69 Å². The average Bonchev–Trinajstić information content (AvgIpc) is 2.37. The number of benzene rings is 1. The minimum atomic E-state index is -5.39. The Morgan fingerprint density at radius 3 is 2.55 bits per heavy atom. The number of nitrogens with zero attached hydrogens (tertiary/aromatic N) is 1. The van der Waals surface area contributed by atoms with Gasteiger partial charge in [0.2, 0.25) is 0 Å². The lowest BCUT2D eigenvalue weighted by atomic mass is 10.2. The first kappa shape index (κ1) is 16.7. The van der Waals surface area contributed by atoms with E-state index >= 15 is 0 Å². The SMILES string of the molecule is CCC(C)OP(=O)(O)C(F)(F)c1ccccc1[N+](=O)[O-]. The summed E-state index contributed by atoms with van der Waals surface area (Å²) in [5.74, 6) is 0. The molecule has 0 heterocycles. The maximum atomic E-state index is 14.1. The first-order valence-corrected chi connectivity index (χ1v) is 7.34. The molecule has 6 nitrogen and oxygen atoms in total. The summed E-state index contributed by atoms with van der Waals surface area (Å²) in [5, 5.41) is 10.7. The lowest BCUT2D eigenvalue weighted by Crippen LogP contribution is -2.20. The molecular formula is C11H14F2NO5P. The highest BCUT2D eigenvalue weighted by molar-refractivity contribution is 7.53. The standard InChI is InChI=1S/C11H14F2NO5P/c1-3-8(2)19-20(17,18)11(12,13)9-6-4-5-7-10(9)14(15)16/h4-8H,3H2,1-2H3,(H,17,18). The largest absolute Gasteiger partial charge is 0.402 e. The van der Waals surface area contributed by atoms with Gasteiger partial charge < -0.3 is 9.42 Å². The van der Waals surface area contributed by atoms with Crippen LogP contribution in [-0.2, 0) is 14.8 Å². The summed E-state index contributed by atoms with van der Waals surface area (Å²) in [6, 6.07) is 3.89. The Morgan fingerprint density at radius 1 is 1.50 bits per heavy atom. The van der Waals surface area contributed by atoms with E-state index in [2.05, 4.69) is 4.52 Å². The summed E-state index contributed by atoms with van der Waals surface area (Å²) in [5.41, 5.74) is -6.43. The molecule has 0 spiro atoms.